The Morgan fingerprint density at radius 3 is 2.12 bits per heavy atom. The predicted molar refractivity (Wildman–Crippen MR) is 128 cm³/mol. The first-order valence-electron chi connectivity index (χ1n) is 11.8. The monoisotopic (exact) mass is 451 g/mol. The van der Waals surface area contributed by atoms with Crippen LogP contribution in [0.4, 0.5) is 11.4 Å². The van der Waals surface area contributed by atoms with Crippen molar-refractivity contribution in [2.75, 3.05) is 31.5 Å². The maximum absolute atomic E-state index is 12.0. The van der Waals surface area contributed by atoms with Crippen LogP contribution in [-0.4, -0.2) is 48.3 Å². The molecular weight excluding hydrogens is 418 g/mol. The van der Waals surface area contributed by atoms with Gasteiger partial charge in [0.2, 0.25) is 0 Å². The number of carboxylic acid groups (broad SMARTS) is 2. The molecule has 7 nitrogen and oxygen atoms in total. The van der Waals surface area contributed by atoms with Gasteiger partial charge >= 0.3 is 11.9 Å². The van der Waals surface area contributed by atoms with E-state index in [1.165, 1.54) is 0 Å². The summed E-state index contributed by atoms with van der Waals surface area (Å²) in [5.41, 5.74) is 3.73. The summed E-state index contributed by atoms with van der Waals surface area (Å²) in [7, 11) is 0. The summed E-state index contributed by atoms with van der Waals surface area (Å²) in [6.07, 6.45) is 2.74. The normalized spacial score (nSPS) is 22.1. The lowest BCUT2D eigenvalue weighted by Gasteiger charge is -2.21. The van der Waals surface area contributed by atoms with Crippen LogP contribution < -0.4 is 16.0 Å². The summed E-state index contributed by atoms with van der Waals surface area (Å²) in [4.78, 5) is 23.9. The fourth-order valence-electron chi connectivity index (χ4n) is 5.19. The second-order valence-electron chi connectivity index (χ2n) is 9.29. The average Bonchev–Trinajstić information content (AvgIpc) is 3.51. The van der Waals surface area contributed by atoms with Gasteiger partial charge in [-0.25, -0.2) is 0 Å². The van der Waals surface area contributed by atoms with E-state index in [9.17, 15) is 19.8 Å². The largest absolute Gasteiger partial charge is 0.481 e. The molecule has 2 aliphatic heterocycles. The summed E-state index contributed by atoms with van der Waals surface area (Å²) < 4.78 is 0. The Morgan fingerprint density at radius 1 is 0.879 bits per heavy atom. The Kier molecular flexibility index (Phi) is 7.62. The first-order chi connectivity index (χ1) is 16.0. The summed E-state index contributed by atoms with van der Waals surface area (Å²) in [5, 5.41) is 29.6. The van der Waals surface area contributed by atoms with Gasteiger partial charge in [0, 0.05) is 11.4 Å². The topological polar surface area (TPSA) is 111 Å². The molecule has 0 radical (unpaired) electrons. The number of para-hydroxylation sites is 1. The number of hydrogen-bond donors (Lipinski definition) is 5. The summed E-state index contributed by atoms with van der Waals surface area (Å²) in [6.45, 7) is 3.25. The standard InChI is InChI=1S/C26H33N3O4/c30-25(31)22(19-8-10-27-15-19)13-17-4-3-6-21(12-17)29-24-7-2-1-5-18(24)14-23(26(32)33)20-9-11-28-16-20/h1-7,12,19-20,22-23,27-29H,8-11,13-16H2,(H,30,31)(H,32,33)/t19-,20-,22-,23?/m0/s1. The minimum Gasteiger partial charge on any atom is -0.481 e. The van der Waals surface area contributed by atoms with Gasteiger partial charge in [-0.2, -0.15) is 0 Å². The molecule has 2 saturated heterocycles. The molecule has 2 heterocycles. The van der Waals surface area contributed by atoms with E-state index in [-0.39, 0.29) is 11.8 Å². The maximum Gasteiger partial charge on any atom is 0.307 e. The molecule has 33 heavy (non-hydrogen) atoms. The highest BCUT2D eigenvalue weighted by molar-refractivity contribution is 5.73. The van der Waals surface area contributed by atoms with Gasteiger partial charge in [-0.15, -0.1) is 0 Å². The van der Waals surface area contributed by atoms with Crippen LogP contribution in [0.2, 0.25) is 0 Å². The van der Waals surface area contributed by atoms with Crippen molar-refractivity contribution in [2.24, 2.45) is 23.7 Å². The van der Waals surface area contributed by atoms with Gasteiger partial charge in [0.1, 0.15) is 0 Å². The molecule has 4 atom stereocenters. The number of rotatable bonds is 10. The molecule has 0 saturated carbocycles. The molecule has 0 aliphatic carbocycles. The number of anilines is 2. The lowest BCUT2D eigenvalue weighted by molar-refractivity contribution is -0.144. The fraction of sp³-hybridized carbons (Fsp3) is 0.462. The molecule has 1 unspecified atom stereocenters. The van der Waals surface area contributed by atoms with Crippen molar-refractivity contribution in [3.05, 3.63) is 59.7 Å². The Hall–Kier alpha value is -2.90. The van der Waals surface area contributed by atoms with E-state index in [1.807, 2.05) is 48.5 Å². The molecule has 2 aliphatic rings. The highest BCUT2D eigenvalue weighted by Crippen LogP contribution is 2.30. The number of aliphatic carboxylic acids is 2. The minimum absolute atomic E-state index is 0.136. The zero-order chi connectivity index (χ0) is 23.2. The lowest BCUT2D eigenvalue weighted by Crippen LogP contribution is -2.27. The SMILES string of the molecule is O=C(O)C(Cc1ccccc1Nc1cccc(C[C@H](C(=O)O)[C@H]2CCNC2)c1)[C@H]1CCNC1. The second-order valence-corrected chi connectivity index (χ2v) is 9.29. The third-order valence-corrected chi connectivity index (χ3v) is 7.09. The number of carboxylic acids is 2. The fourth-order valence-corrected chi connectivity index (χ4v) is 5.19. The van der Waals surface area contributed by atoms with Gasteiger partial charge in [-0.1, -0.05) is 30.3 Å². The Labute approximate surface area is 194 Å². The maximum atomic E-state index is 12.0. The van der Waals surface area contributed by atoms with Crippen LogP contribution in [0.25, 0.3) is 0 Å². The van der Waals surface area contributed by atoms with E-state index in [4.69, 9.17) is 0 Å². The van der Waals surface area contributed by atoms with E-state index in [0.717, 1.165) is 61.5 Å². The van der Waals surface area contributed by atoms with Crippen molar-refractivity contribution in [1.29, 1.82) is 0 Å². The van der Waals surface area contributed by atoms with Gasteiger partial charge in [0.25, 0.3) is 0 Å². The van der Waals surface area contributed by atoms with Crippen LogP contribution in [-0.2, 0) is 22.4 Å². The number of carbonyl (C=O) groups is 2. The Bertz CT molecular complexity index is 968. The summed E-state index contributed by atoms with van der Waals surface area (Å²) in [5.74, 6) is -2.03. The van der Waals surface area contributed by atoms with Crippen LogP contribution in [0.1, 0.15) is 24.0 Å². The number of hydrogen-bond acceptors (Lipinski definition) is 5. The quantitative estimate of drug-likeness (QED) is 0.377. The average molecular weight is 452 g/mol. The molecule has 0 bridgehead atoms. The van der Waals surface area contributed by atoms with Gasteiger partial charge in [0.15, 0.2) is 0 Å². The molecule has 176 valence electrons. The molecule has 7 heteroatoms. The van der Waals surface area contributed by atoms with Crippen molar-refractivity contribution in [1.82, 2.24) is 10.6 Å². The Balaban J connectivity index is 1.49. The molecule has 0 aromatic heterocycles. The Morgan fingerprint density at radius 2 is 1.52 bits per heavy atom. The van der Waals surface area contributed by atoms with Crippen molar-refractivity contribution in [3.8, 4) is 0 Å². The first kappa shape index (κ1) is 23.3. The van der Waals surface area contributed by atoms with Crippen molar-refractivity contribution in [2.45, 2.75) is 25.7 Å². The molecule has 0 amide bonds. The van der Waals surface area contributed by atoms with Gasteiger partial charge in [0.05, 0.1) is 11.8 Å². The van der Waals surface area contributed by atoms with E-state index < -0.39 is 23.8 Å². The van der Waals surface area contributed by atoms with Gasteiger partial charge in [-0.05, 0) is 93.0 Å². The minimum atomic E-state index is -0.749. The second kappa shape index (κ2) is 10.8. The number of benzene rings is 2. The zero-order valence-electron chi connectivity index (χ0n) is 18.8. The highest BCUT2D eigenvalue weighted by atomic mass is 16.4. The van der Waals surface area contributed by atoms with Crippen LogP contribution in [0.5, 0.6) is 0 Å². The molecule has 2 aromatic rings. The van der Waals surface area contributed by atoms with Gasteiger partial charge in [-0.3, -0.25) is 9.59 Å². The van der Waals surface area contributed by atoms with Crippen LogP contribution >= 0.6 is 0 Å². The van der Waals surface area contributed by atoms with E-state index in [1.54, 1.807) is 0 Å². The van der Waals surface area contributed by atoms with Crippen molar-refractivity contribution >= 4 is 23.3 Å². The summed E-state index contributed by atoms with van der Waals surface area (Å²) in [6, 6.07) is 15.7. The van der Waals surface area contributed by atoms with Crippen molar-refractivity contribution in [3.63, 3.8) is 0 Å². The van der Waals surface area contributed by atoms with E-state index >= 15 is 0 Å². The number of nitrogens with one attached hydrogen (secondary N) is 3. The first-order valence-corrected chi connectivity index (χ1v) is 11.8. The van der Waals surface area contributed by atoms with Crippen molar-refractivity contribution < 1.29 is 19.8 Å². The third kappa shape index (κ3) is 5.92. The smallest absolute Gasteiger partial charge is 0.307 e. The molecule has 2 fully saturated rings. The van der Waals surface area contributed by atoms with E-state index in [0.29, 0.717) is 12.8 Å². The zero-order valence-corrected chi connectivity index (χ0v) is 18.8. The van der Waals surface area contributed by atoms with E-state index in [2.05, 4.69) is 16.0 Å². The predicted octanol–water partition coefficient (Wildman–Crippen LogP) is 3.14. The molecule has 4 rings (SSSR count). The molecule has 5 N–H and O–H groups in total. The lowest BCUT2D eigenvalue weighted by atomic mass is 9.85. The van der Waals surface area contributed by atoms with Crippen LogP contribution in [0, 0.1) is 23.7 Å². The molecule has 0 spiro atoms. The highest BCUT2D eigenvalue weighted by Gasteiger charge is 2.32. The van der Waals surface area contributed by atoms with Crippen LogP contribution in [0.15, 0.2) is 48.5 Å². The summed E-state index contributed by atoms with van der Waals surface area (Å²) >= 11 is 0. The third-order valence-electron chi connectivity index (χ3n) is 7.09. The van der Waals surface area contributed by atoms with Crippen LogP contribution in [0.3, 0.4) is 0 Å². The molecule has 2 aromatic carbocycles. The molecular formula is C26H33N3O4. The van der Waals surface area contributed by atoms with Gasteiger partial charge < -0.3 is 26.2 Å².